The third kappa shape index (κ3) is 2.67. The number of hydrogen-bond donors (Lipinski definition) is 0. The standard InChI is InChI=1S/C10H11NOS/c1-8-7-9(13-6-5-11)3-4-10(8)12-2/h3-4,7H,6H2,1-2H3. The van der Waals surface area contributed by atoms with Crippen LogP contribution in [0.1, 0.15) is 5.56 Å². The summed E-state index contributed by atoms with van der Waals surface area (Å²) in [5.74, 6) is 1.38. The molecule has 0 aromatic heterocycles. The topological polar surface area (TPSA) is 33.0 Å². The second kappa shape index (κ2) is 4.78. The zero-order chi connectivity index (χ0) is 9.68. The van der Waals surface area contributed by atoms with Crippen LogP contribution >= 0.6 is 11.8 Å². The minimum absolute atomic E-state index is 0.492. The van der Waals surface area contributed by atoms with Crippen molar-refractivity contribution in [2.45, 2.75) is 11.8 Å². The summed E-state index contributed by atoms with van der Waals surface area (Å²) in [5.41, 5.74) is 1.10. The van der Waals surface area contributed by atoms with Crippen molar-refractivity contribution in [3.8, 4) is 11.8 Å². The number of aryl methyl sites for hydroxylation is 1. The smallest absolute Gasteiger partial charge is 0.121 e. The van der Waals surface area contributed by atoms with E-state index >= 15 is 0 Å². The summed E-state index contributed by atoms with van der Waals surface area (Å²) in [5, 5.41) is 8.40. The molecular formula is C10H11NOS. The van der Waals surface area contributed by atoms with Crippen molar-refractivity contribution in [1.82, 2.24) is 0 Å². The molecule has 0 fully saturated rings. The van der Waals surface area contributed by atoms with Crippen molar-refractivity contribution in [2.75, 3.05) is 12.9 Å². The number of thioether (sulfide) groups is 1. The Kier molecular flexibility index (Phi) is 3.66. The van der Waals surface area contributed by atoms with Crippen LogP contribution in [0.2, 0.25) is 0 Å². The van der Waals surface area contributed by atoms with Crippen molar-refractivity contribution < 1.29 is 4.74 Å². The van der Waals surface area contributed by atoms with Crippen molar-refractivity contribution in [2.24, 2.45) is 0 Å². The first-order valence-corrected chi connectivity index (χ1v) is 4.91. The van der Waals surface area contributed by atoms with Gasteiger partial charge in [-0.3, -0.25) is 0 Å². The lowest BCUT2D eigenvalue weighted by Gasteiger charge is -2.05. The molecule has 0 amide bonds. The number of ether oxygens (including phenoxy) is 1. The van der Waals surface area contributed by atoms with Crippen molar-refractivity contribution in [1.29, 1.82) is 5.26 Å². The Balaban J connectivity index is 2.78. The van der Waals surface area contributed by atoms with Gasteiger partial charge in [-0.2, -0.15) is 5.26 Å². The van der Waals surface area contributed by atoms with Gasteiger partial charge in [-0.1, -0.05) is 0 Å². The first-order chi connectivity index (χ1) is 6.27. The van der Waals surface area contributed by atoms with Crippen LogP contribution in [0, 0.1) is 18.3 Å². The van der Waals surface area contributed by atoms with Gasteiger partial charge in [0.05, 0.1) is 18.9 Å². The third-order valence-electron chi connectivity index (χ3n) is 1.67. The van der Waals surface area contributed by atoms with E-state index in [1.807, 2.05) is 25.1 Å². The van der Waals surface area contributed by atoms with Gasteiger partial charge >= 0.3 is 0 Å². The maximum Gasteiger partial charge on any atom is 0.121 e. The highest BCUT2D eigenvalue weighted by atomic mass is 32.2. The molecule has 3 heteroatoms. The van der Waals surface area contributed by atoms with Crippen molar-refractivity contribution >= 4 is 11.8 Å². The molecular weight excluding hydrogens is 182 g/mol. The average molecular weight is 193 g/mol. The van der Waals surface area contributed by atoms with Gasteiger partial charge in [0.15, 0.2) is 0 Å². The summed E-state index contributed by atoms with van der Waals surface area (Å²) >= 11 is 1.54. The Morgan fingerprint density at radius 3 is 2.85 bits per heavy atom. The lowest BCUT2D eigenvalue weighted by Crippen LogP contribution is -1.86. The number of nitrogens with zero attached hydrogens (tertiary/aromatic N) is 1. The molecule has 13 heavy (non-hydrogen) atoms. The second-order valence-electron chi connectivity index (χ2n) is 2.58. The first-order valence-electron chi connectivity index (χ1n) is 3.92. The SMILES string of the molecule is COc1ccc(SCC#N)cc1C. The molecule has 1 aromatic carbocycles. The van der Waals surface area contributed by atoms with Crippen LogP contribution in [0.3, 0.4) is 0 Å². The zero-order valence-electron chi connectivity index (χ0n) is 7.70. The third-order valence-corrected chi connectivity index (χ3v) is 2.53. The fourth-order valence-electron chi connectivity index (χ4n) is 1.06. The van der Waals surface area contributed by atoms with Gasteiger partial charge in [0.2, 0.25) is 0 Å². The summed E-state index contributed by atoms with van der Waals surface area (Å²) in [6.45, 7) is 2.00. The first kappa shape index (κ1) is 9.94. The van der Waals surface area contributed by atoms with E-state index in [9.17, 15) is 0 Å². The molecule has 0 unspecified atom stereocenters. The van der Waals surface area contributed by atoms with E-state index in [2.05, 4.69) is 6.07 Å². The van der Waals surface area contributed by atoms with Gasteiger partial charge in [-0.05, 0) is 30.7 Å². The fraction of sp³-hybridized carbons (Fsp3) is 0.300. The van der Waals surface area contributed by atoms with E-state index < -0.39 is 0 Å². The minimum atomic E-state index is 0.492. The number of methoxy groups -OCH3 is 1. The Bertz CT molecular complexity index is 330. The van der Waals surface area contributed by atoms with Crippen LogP contribution in [0.15, 0.2) is 23.1 Å². The number of benzene rings is 1. The monoisotopic (exact) mass is 193 g/mol. The van der Waals surface area contributed by atoms with E-state index in [1.54, 1.807) is 7.11 Å². The summed E-state index contributed by atoms with van der Waals surface area (Å²) in [6.07, 6.45) is 0. The molecule has 0 saturated carbocycles. The summed E-state index contributed by atoms with van der Waals surface area (Å²) in [7, 11) is 1.66. The van der Waals surface area contributed by atoms with Crippen LogP contribution in [0.25, 0.3) is 0 Å². The van der Waals surface area contributed by atoms with Gasteiger partial charge in [0, 0.05) is 4.90 Å². The molecule has 68 valence electrons. The van der Waals surface area contributed by atoms with E-state index in [0.717, 1.165) is 16.2 Å². The predicted molar refractivity (Wildman–Crippen MR) is 54.1 cm³/mol. The lowest BCUT2D eigenvalue weighted by atomic mass is 10.2. The summed E-state index contributed by atoms with van der Waals surface area (Å²) in [4.78, 5) is 1.11. The molecule has 0 aliphatic rings. The lowest BCUT2D eigenvalue weighted by molar-refractivity contribution is 0.411. The van der Waals surface area contributed by atoms with E-state index in [4.69, 9.17) is 10.00 Å². The highest BCUT2D eigenvalue weighted by Crippen LogP contribution is 2.24. The van der Waals surface area contributed by atoms with Gasteiger partial charge in [-0.15, -0.1) is 11.8 Å². The predicted octanol–water partition coefficient (Wildman–Crippen LogP) is 2.62. The van der Waals surface area contributed by atoms with E-state index in [-0.39, 0.29) is 0 Å². The molecule has 0 spiro atoms. The van der Waals surface area contributed by atoms with Crippen LogP contribution in [0.4, 0.5) is 0 Å². The highest BCUT2D eigenvalue weighted by molar-refractivity contribution is 7.99. The van der Waals surface area contributed by atoms with E-state index in [0.29, 0.717) is 5.75 Å². The molecule has 0 aliphatic heterocycles. The van der Waals surface area contributed by atoms with Crippen molar-refractivity contribution in [3.63, 3.8) is 0 Å². The molecule has 1 rings (SSSR count). The van der Waals surface area contributed by atoms with Gasteiger partial charge in [-0.25, -0.2) is 0 Å². The molecule has 0 N–H and O–H groups in total. The summed E-state index contributed by atoms with van der Waals surface area (Å²) in [6, 6.07) is 8.02. The number of nitriles is 1. The molecule has 1 aromatic rings. The quantitative estimate of drug-likeness (QED) is 0.692. The number of hydrogen-bond acceptors (Lipinski definition) is 3. The van der Waals surface area contributed by atoms with Crippen LogP contribution in [-0.4, -0.2) is 12.9 Å². The van der Waals surface area contributed by atoms with Gasteiger partial charge in [0.1, 0.15) is 5.75 Å². The fourth-order valence-corrected chi connectivity index (χ4v) is 1.71. The average Bonchev–Trinajstić information content (AvgIpc) is 2.15. The van der Waals surface area contributed by atoms with Gasteiger partial charge < -0.3 is 4.74 Å². The largest absolute Gasteiger partial charge is 0.496 e. The maximum absolute atomic E-state index is 8.40. The highest BCUT2D eigenvalue weighted by Gasteiger charge is 1.99. The zero-order valence-corrected chi connectivity index (χ0v) is 8.52. The normalized spacial score (nSPS) is 9.31. The molecule has 0 saturated heterocycles. The molecule has 0 radical (unpaired) electrons. The molecule has 0 bridgehead atoms. The molecule has 2 nitrogen and oxygen atoms in total. The van der Waals surface area contributed by atoms with Crippen LogP contribution in [-0.2, 0) is 0 Å². The van der Waals surface area contributed by atoms with Crippen LogP contribution < -0.4 is 4.74 Å². The number of rotatable bonds is 3. The van der Waals surface area contributed by atoms with Crippen molar-refractivity contribution in [3.05, 3.63) is 23.8 Å². The van der Waals surface area contributed by atoms with E-state index in [1.165, 1.54) is 11.8 Å². The Morgan fingerprint density at radius 2 is 2.31 bits per heavy atom. The maximum atomic E-state index is 8.40. The van der Waals surface area contributed by atoms with Gasteiger partial charge in [0.25, 0.3) is 0 Å². The Hall–Kier alpha value is -1.14. The minimum Gasteiger partial charge on any atom is -0.496 e. The second-order valence-corrected chi connectivity index (χ2v) is 3.63. The molecule has 0 atom stereocenters. The van der Waals surface area contributed by atoms with Crippen LogP contribution in [0.5, 0.6) is 5.75 Å². The molecule has 0 aliphatic carbocycles. The summed E-state index contributed by atoms with van der Waals surface area (Å²) < 4.78 is 5.13. The molecule has 0 heterocycles. The Morgan fingerprint density at radius 1 is 1.54 bits per heavy atom. The Labute approximate surface area is 82.5 Å².